The maximum Gasteiger partial charge on any atom is 0.241 e. The Hall–Kier alpha value is -1.41. The second kappa shape index (κ2) is 10.6. The molecular weight excluding hydrogens is 370 g/mol. The van der Waals surface area contributed by atoms with E-state index in [-0.39, 0.29) is 42.7 Å². The number of halogens is 3. The van der Waals surface area contributed by atoms with Crippen molar-refractivity contribution in [1.82, 2.24) is 9.80 Å². The van der Waals surface area contributed by atoms with Gasteiger partial charge in [0.05, 0.1) is 12.1 Å². The Balaban J connectivity index is 0.00000288. The van der Waals surface area contributed by atoms with Crippen LogP contribution < -0.4 is 11.1 Å². The van der Waals surface area contributed by atoms with E-state index in [2.05, 4.69) is 5.32 Å². The first-order valence-corrected chi connectivity index (χ1v) is 7.73. The van der Waals surface area contributed by atoms with E-state index >= 15 is 0 Å². The summed E-state index contributed by atoms with van der Waals surface area (Å²) in [6.07, 6.45) is 0. The summed E-state index contributed by atoms with van der Waals surface area (Å²) < 4.78 is 13.1. The zero-order chi connectivity index (χ0) is 17.0. The Morgan fingerprint density at radius 3 is 2.28 bits per heavy atom. The van der Waals surface area contributed by atoms with Gasteiger partial charge >= 0.3 is 0 Å². The van der Waals surface area contributed by atoms with Crippen LogP contribution in [-0.2, 0) is 9.59 Å². The van der Waals surface area contributed by atoms with Gasteiger partial charge in [-0.3, -0.25) is 14.5 Å². The zero-order valence-corrected chi connectivity index (χ0v) is 15.9. The van der Waals surface area contributed by atoms with Crippen LogP contribution in [0, 0.1) is 5.82 Å². The minimum absolute atomic E-state index is 0. The number of nitrogens with two attached hydrogens (primary N) is 1. The van der Waals surface area contributed by atoms with Crippen LogP contribution in [0.2, 0.25) is 0 Å². The summed E-state index contributed by atoms with van der Waals surface area (Å²) in [5, 5.41) is 2.71. The van der Waals surface area contributed by atoms with Crippen molar-refractivity contribution in [2.24, 2.45) is 5.73 Å². The Morgan fingerprint density at radius 1 is 1.16 bits per heavy atom. The molecule has 25 heavy (non-hydrogen) atoms. The highest BCUT2D eigenvalue weighted by Gasteiger charge is 2.28. The van der Waals surface area contributed by atoms with Gasteiger partial charge < -0.3 is 16.0 Å². The third-order valence-corrected chi connectivity index (χ3v) is 4.03. The number of rotatable bonds is 4. The Kier molecular flexibility index (Phi) is 9.96. The standard InChI is InChI=1S/C16H23FN4O2.2ClH/c1-11(18)16(23)21-8-6-20(7-9-21)12(2)15(22)19-14-5-3-4-13(17)10-14;;/h3-5,10-12H,6-9,18H2,1-2H3,(H,19,22);2*1H/t11-,12?;;/m1../s1. The van der Waals surface area contributed by atoms with E-state index in [0.717, 1.165) is 0 Å². The van der Waals surface area contributed by atoms with Crippen LogP contribution in [-0.4, -0.2) is 59.9 Å². The lowest BCUT2D eigenvalue weighted by Gasteiger charge is -2.38. The highest BCUT2D eigenvalue weighted by Crippen LogP contribution is 2.12. The second-order valence-electron chi connectivity index (χ2n) is 5.83. The number of hydrogen-bond donors (Lipinski definition) is 2. The van der Waals surface area contributed by atoms with Crippen LogP contribution in [0.4, 0.5) is 10.1 Å². The number of nitrogens with zero attached hydrogens (tertiary/aromatic N) is 2. The zero-order valence-electron chi connectivity index (χ0n) is 14.3. The van der Waals surface area contributed by atoms with Crippen molar-refractivity contribution in [3.8, 4) is 0 Å². The highest BCUT2D eigenvalue weighted by molar-refractivity contribution is 5.94. The fourth-order valence-electron chi connectivity index (χ4n) is 2.60. The van der Waals surface area contributed by atoms with Gasteiger partial charge in [-0.05, 0) is 32.0 Å². The van der Waals surface area contributed by atoms with Gasteiger partial charge in [-0.1, -0.05) is 6.07 Å². The molecule has 0 bridgehead atoms. The van der Waals surface area contributed by atoms with E-state index in [9.17, 15) is 14.0 Å². The largest absolute Gasteiger partial charge is 0.339 e. The predicted octanol–water partition coefficient (Wildman–Crippen LogP) is 1.49. The lowest BCUT2D eigenvalue weighted by atomic mass is 10.2. The summed E-state index contributed by atoms with van der Waals surface area (Å²) in [6.45, 7) is 5.80. The van der Waals surface area contributed by atoms with E-state index in [0.29, 0.717) is 31.9 Å². The third-order valence-electron chi connectivity index (χ3n) is 4.03. The molecule has 2 rings (SSSR count). The molecule has 1 aromatic carbocycles. The monoisotopic (exact) mass is 394 g/mol. The average Bonchev–Trinajstić information content (AvgIpc) is 2.53. The normalized spacial score (nSPS) is 16.9. The molecule has 2 amide bonds. The van der Waals surface area contributed by atoms with Gasteiger partial charge in [-0.25, -0.2) is 4.39 Å². The first kappa shape index (κ1) is 23.6. The predicted molar refractivity (Wildman–Crippen MR) is 101 cm³/mol. The van der Waals surface area contributed by atoms with E-state index in [1.807, 2.05) is 4.90 Å². The van der Waals surface area contributed by atoms with Gasteiger partial charge in [0.15, 0.2) is 0 Å². The Bertz CT molecular complexity index is 581. The second-order valence-corrected chi connectivity index (χ2v) is 5.83. The van der Waals surface area contributed by atoms with Crippen LogP contribution >= 0.6 is 24.8 Å². The molecule has 1 saturated heterocycles. The Labute approximate surface area is 159 Å². The van der Waals surface area contributed by atoms with Crippen molar-refractivity contribution in [2.45, 2.75) is 25.9 Å². The molecule has 142 valence electrons. The molecule has 1 unspecified atom stereocenters. The molecule has 9 heteroatoms. The number of anilines is 1. The van der Waals surface area contributed by atoms with Crippen molar-refractivity contribution < 1.29 is 14.0 Å². The van der Waals surface area contributed by atoms with Gasteiger partial charge in [0.1, 0.15) is 5.82 Å². The molecule has 0 aliphatic carbocycles. The first-order chi connectivity index (χ1) is 10.9. The number of carbonyl (C=O) groups is 2. The average molecular weight is 395 g/mol. The van der Waals surface area contributed by atoms with Gasteiger partial charge in [0.25, 0.3) is 0 Å². The van der Waals surface area contributed by atoms with E-state index in [1.54, 1.807) is 30.9 Å². The molecule has 0 saturated carbocycles. The summed E-state index contributed by atoms with van der Waals surface area (Å²) >= 11 is 0. The van der Waals surface area contributed by atoms with Crippen LogP contribution in [0.5, 0.6) is 0 Å². The van der Waals surface area contributed by atoms with Crippen LogP contribution in [0.15, 0.2) is 24.3 Å². The summed E-state index contributed by atoms with van der Waals surface area (Å²) in [4.78, 5) is 27.8. The molecular formula is C16H25Cl2FN4O2. The molecule has 2 atom stereocenters. The number of piperazine rings is 1. The molecule has 1 aromatic rings. The molecule has 1 fully saturated rings. The summed E-state index contributed by atoms with van der Waals surface area (Å²) in [7, 11) is 0. The molecule has 1 aliphatic heterocycles. The number of nitrogens with one attached hydrogen (secondary N) is 1. The minimum Gasteiger partial charge on any atom is -0.339 e. The lowest BCUT2D eigenvalue weighted by molar-refractivity contribution is -0.134. The van der Waals surface area contributed by atoms with E-state index in [1.165, 1.54) is 12.1 Å². The molecule has 0 spiro atoms. The minimum atomic E-state index is -0.504. The quantitative estimate of drug-likeness (QED) is 0.810. The molecule has 0 radical (unpaired) electrons. The highest BCUT2D eigenvalue weighted by atomic mass is 35.5. The van der Waals surface area contributed by atoms with Crippen molar-refractivity contribution in [3.63, 3.8) is 0 Å². The SMILES string of the molecule is CC(C(=O)Nc1cccc(F)c1)N1CCN(C(=O)[C@@H](C)N)CC1.Cl.Cl. The van der Waals surface area contributed by atoms with Gasteiger partial charge in [-0.2, -0.15) is 0 Å². The first-order valence-electron chi connectivity index (χ1n) is 7.73. The van der Waals surface area contributed by atoms with Crippen LogP contribution in [0.1, 0.15) is 13.8 Å². The fraction of sp³-hybridized carbons (Fsp3) is 0.500. The Morgan fingerprint density at radius 2 is 1.76 bits per heavy atom. The van der Waals surface area contributed by atoms with Gasteiger partial charge in [-0.15, -0.1) is 24.8 Å². The number of benzene rings is 1. The third kappa shape index (κ3) is 6.43. The van der Waals surface area contributed by atoms with Crippen molar-refractivity contribution in [3.05, 3.63) is 30.1 Å². The summed E-state index contributed by atoms with van der Waals surface area (Å²) in [6, 6.07) is 4.94. The molecule has 6 nitrogen and oxygen atoms in total. The van der Waals surface area contributed by atoms with Crippen molar-refractivity contribution >= 4 is 42.3 Å². The van der Waals surface area contributed by atoms with Crippen LogP contribution in [0.25, 0.3) is 0 Å². The maximum atomic E-state index is 13.1. The van der Waals surface area contributed by atoms with Crippen molar-refractivity contribution in [2.75, 3.05) is 31.5 Å². The summed E-state index contributed by atoms with van der Waals surface area (Å²) in [5.41, 5.74) is 6.05. The summed E-state index contributed by atoms with van der Waals surface area (Å²) in [5.74, 6) is -0.650. The van der Waals surface area contributed by atoms with Crippen LogP contribution in [0.3, 0.4) is 0 Å². The number of amides is 2. The topological polar surface area (TPSA) is 78.7 Å². The number of hydrogen-bond acceptors (Lipinski definition) is 4. The maximum absolute atomic E-state index is 13.1. The smallest absolute Gasteiger partial charge is 0.241 e. The van der Waals surface area contributed by atoms with Gasteiger partial charge in [0, 0.05) is 31.9 Å². The molecule has 1 heterocycles. The lowest BCUT2D eigenvalue weighted by Crippen LogP contribution is -2.56. The number of carbonyl (C=O) groups excluding carboxylic acids is 2. The molecule has 0 aromatic heterocycles. The van der Waals surface area contributed by atoms with E-state index < -0.39 is 11.9 Å². The molecule has 3 N–H and O–H groups in total. The van der Waals surface area contributed by atoms with Crippen molar-refractivity contribution in [1.29, 1.82) is 0 Å². The molecule has 1 aliphatic rings. The van der Waals surface area contributed by atoms with E-state index in [4.69, 9.17) is 5.73 Å². The fourth-order valence-corrected chi connectivity index (χ4v) is 2.60. The van der Waals surface area contributed by atoms with Gasteiger partial charge in [0.2, 0.25) is 11.8 Å².